The first-order chi connectivity index (χ1) is 14.0. The Kier molecular flexibility index (Phi) is 6.72. The number of likely N-dealkylation sites (tertiary alicyclic amines) is 1. The molecule has 6 heteroatoms. The molecule has 152 valence electrons. The van der Waals surface area contributed by atoms with Crippen LogP contribution in [0.5, 0.6) is 0 Å². The fraction of sp³-hybridized carbons (Fsp3) is 0.304. The van der Waals surface area contributed by atoms with Gasteiger partial charge in [0.25, 0.3) is 11.7 Å². The lowest BCUT2D eigenvalue weighted by Gasteiger charge is -2.28. The van der Waals surface area contributed by atoms with Crippen LogP contribution in [0.4, 0.5) is 0 Å². The van der Waals surface area contributed by atoms with Crippen molar-refractivity contribution in [3.8, 4) is 0 Å². The fourth-order valence-corrected chi connectivity index (χ4v) is 3.77. The number of hydrogen-bond acceptors (Lipinski definition) is 4. The second-order valence-electron chi connectivity index (χ2n) is 6.94. The summed E-state index contributed by atoms with van der Waals surface area (Å²) >= 11 is 5.94. The number of aliphatic hydroxyl groups excluding tert-OH is 1. The fourth-order valence-electron chi connectivity index (χ4n) is 3.64. The predicted molar refractivity (Wildman–Crippen MR) is 115 cm³/mol. The zero-order chi connectivity index (χ0) is 21.0. The van der Waals surface area contributed by atoms with Crippen LogP contribution in [0, 0.1) is 0 Å². The van der Waals surface area contributed by atoms with E-state index in [1.165, 1.54) is 0 Å². The second kappa shape index (κ2) is 9.25. The maximum Gasteiger partial charge on any atom is 0.295 e. The molecule has 1 fully saturated rings. The molecular weight excluding hydrogens is 388 g/mol. The van der Waals surface area contributed by atoms with Gasteiger partial charge in [0.05, 0.1) is 11.6 Å². The second-order valence-corrected chi connectivity index (χ2v) is 7.37. The van der Waals surface area contributed by atoms with Gasteiger partial charge in [-0.25, -0.2) is 0 Å². The van der Waals surface area contributed by atoms with Crippen molar-refractivity contribution in [3.63, 3.8) is 0 Å². The van der Waals surface area contributed by atoms with E-state index >= 15 is 0 Å². The average Bonchev–Trinajstić information content (AvgIpc) is 3.00. The van der Waals surface area contributed by atoms with Crippen LogP contribution in [0.1, 0.15) is 31.0 Å². The van der Waals surface area contributed by atoms with Crippen LogP contribution < -0.4 is 0 Å². The first-order valence-corrected chi connectivity index (χ1v) is 10.2. The Labute approximate surface area is 176 Å². The van der Waals surface area contributed by atoms with Crippen LogP contribution in [0.3, 0.4) is 0 Å². The summed E-state index contributed by atoms with van der Waals surface area (Å²) in [7, 11) is 0. The Bertz CT molecular complexity index is 905. The zero-order valence-electron chi connectivity index (χ0n) is 16.6. The first kappa shape index (κ1) is 21.1. The molecule has 2 aromatic carbocycles. The summed E-state index contributed by atoms with van der Waals surface area (Å²) in [5, 5.41) is 11.5. The summed E-state index contributed by atoms with van der Waals surface area (Å²) in [5.41, 5.74) is 1.36. The summed E-state index contributed by atoms with van der Waals surface area (Å²) in [4.78, 5) is 29.5. The molecule has 29 heavy (non-hydrogen) atoms. The van der Waals surface area contributed by atoms with E-state index < -0.39 is 17.7 Å². The van der Waals surface area contributed by atoms with Crippen molar-refractivity contribution >= 4 is 29.1 Å². The number of Topliss-reactive ketones (excluding diaryl/α,β-unsaturated/α-hetero) is 1. The number of nitrogens with zero attached hydrogens (tertiary/aromatic N) is 2. The number of hydrogen-bond donors (Lipinski definition) is 1. The monoisotopic (exact) mass is 412 g/mol. The number of carbonyl (C=O) groups is 2. The minimum atomic E-state index is -0.661. The van der Waals surface area contributed by atoms with E-state index in [1.54, 1.807) is 29.2 Å². The molecule has 1 amide bonds. The summed E-state index contributed by atoms with van der Waals surface area (Å²) < 4.78 is 0. The Morgan fingerprint density at radius 2 is 1.66 bits per heavy atom. The highest BCUT2D eigenvalue weighted by Crippen LogP contribution is 2.39. The normalized spacial score (nSPS) is 18.6. The van der Waals surface area contributed by atoms with Crippen molar-refractivity contribution in [1.82, 2.24) is 9.80 Å². The van der Waals surface area contributed by atoms with E-state index in [1.807, 2.05) is 30.3 Å². The molecule has 1 aliphatic heterocycles. The number of rotatable bonds is 7. The molecule has 1 N–H and O–H groups in total. The van der Waals surface area contributed by atoms with Gasteiger partial charge in [-0.15, -0.1) is 0 Å². The maximum atomic E-state index is 12.9. The molecule has 0 unspecified atom stereocenters. The minimum Gasteiger partial charge on any atom is -0.507 e. The molecule has 5 nitrogen and oxygen atoms in total. The van der Waals surface area contributed by atoms with Crippen molar-refractivity contribution in [2.45, 2.75) is 19.9 Å². The third kappa shape index (κ3) is 4.36. The van der Waals surface area contributed by atoms with Gasteiger partial charge in [0, 0.05) is 23.7 Å². The lowest BCUT2D eigenvalue weighted by Crippen LogP contribution is -2.38. The molecule has 0 spiro atoms. The number of likely N-dealkylation sites (N-methyl/N-ethyl adjacent to an activating group) is 1. The van der Waals surface area contributed by atoms with Crippen molar-refractivity contribution in [3.05, 3.63) is 76.3 Å². The van der Waals surface area contributed by atoms with Gasteiger partial charge < -0.3 is 14.9 Å². The molecule has 3 rings (SSSR count). The summed E-state index contributed by atoms with van der Waals surface area (Å²) in [6.07, 6.45) is 0. The number of amides is 1. The summed E-state index contributed by atoms with van der Waals surface area (Å²) in [6, 6.07) is 15.3. The zero-order valence-corrected chi connectivity index (χ0v) is 17.4. The van der Waals surface area contributed by atoms with Crippen LogP contribution in [-0.2, 0) is 9.59 Å². The lowest BCUT2D eigenvalue weighted by atomic mass is 9.95. The van der Waals surface area contributed by atoms with E-state index in [4.69, 9.17) is 11.6 Å². The highest BCUT2D eigenvalue weighted by molar-refractivity contribution is 6.46. The highest BCUT2D eigenvalue weighted by atomic mass is 35.5. The summed E-state index contributed by atoms with van der Waals surface area (Å²) in [5.74, 6) is -1.42. The predicted octanol–water partition coefficient (Wildman–Crippen LogP) is 4.10. The van der Waals surface area contributed by atoms with Gasteiger partial charge in [-0.2, -0.15) is 0 Å². The van der Waals surface area contributed by atoms with Gasteiger partial charge in [-0.3, -0.25) is 9.59 Å². The van der Waals surface area contributed by atoms with Crippen LogP contribution in [0.2, 0.25) is 5.02 Å². The van der Waals surface area contributed by atoms with Crippen LogP contribution in [-0.4, -0.2) is 52.8 Å². The Morgan fingerprint density at radius 3 is 2.24 bits per heavy atom. The Morgan fingerprint density at radius 1 is 1.03 bits per heavy atom. The molecule has 1 saturated heterocycles. The van der Waals surface area contributed by atoms with E-state index in [0.29, 0.717) is 23.7 Å². The number of halogens is 1. The third-order valence-corrected chi connectivity index (χ3v) is 5.58. The van der Waals surface area contributed by atoms with E-state index in [9.17, 15) is 14.7 Å². The topological polar surface area (TPSA) is 60.9 Å². The SMILES string of the molecule is CCN(CC)CCN1C(=O)C(=O)/C(=C(/O)c2ccc(Cl)cc2)[C@H]1c1ccccc1. The highest BCUT2D eigenvalue weighted by Gasteiger charge is 2.45. The van der Waals surface area contributed by atoms with Gasteiger partial charge in [0.1, 0.15) is 5.76 Å². The van der Waals surface area contributed by atoms with Crippen LogP contribution in [0.25, 0.3) is 5.76 Å². The van der Waals surface area contributed by atoms with E-state index in [0.717, 1.165) is 18.7 Å². The largest absolute Gasteiger partial charge is 0.507 e. The Hall–Kier alpha value is -2.63. The number of benzene rings is 2. The quantitative estimate of drug-likeness (QED) is 0.422. The number of ketones is 1. The molecule has 0 aliphatic carbocycles. The van der Waals surface area contributed by atoms with Gasteiger partial charge in [0.2, 0.25) is 0 Å². The third-order valence-electron chi connectivity index (χ3n) is 5.32. The van der Waals surface area contributed by atoms with E-state index in [-0.39, 0.29) is 11.3 Å². The first-order valence-electron chi connectivity index (χ1n) is 9.79. The minimum absolute atomic E-state index is 0.114. The van der Waals surface area contributed by atoms with Crippen molar-refractivity contribution in [2.24, 2.45) is 0 Å². The molecule has 1 aliphatic rings. The van der Waals surface area contributed by atoms with E-state index in [2.05, 4.69) is 18.7 Å². The van der Waals surface area contributed by atoms with Crippen molar-refractivity contribution in [1.29, 1.82) is 0 Å². The van der Waals surface area contributed by atoms with Crippen molar-refractivity contribution in [2.75, 3.05) is 26.2 Å². The lowest BCUT2D eigenvalue weighted by molar-refractivity contribution is -0.140. The Balaban J connectivity index is 2.06. The number of carbonyl (C=O) groups excluding carboxylic acids is 2. The average molecular weight is 413 g/mol. The van der Waals surface area contributed by atoms with Gasteiger partial charge >= 0.3 is 0 Å². The van der Waals surface area contributed by atoms with Gasteiger partial charge in [-0.05, 0) is 42.9 Å². The van der Waals surface area contributed by atoms with Crippen molar-refractivity contribution < 1.29 is 14.7 Å². The summed E-state index contributed by atoms with van der Waals surface area (Å²) in [6.45, 7) is 6.91. The van der Waals surface area contributed by atoms with Gasteiger partial charge in [-0.1, -0.05) is 55.8 Å². The molecule has 0 bridgehead atoms. The maximum absolute atomic E-state index is 12.9. The molecule has 1 atom stereocenters. The smallest absolute Gasteiger partial charge is 0.295 e. The van der Waals surface area contributed by atoms with Crippen LogP contribution >= 0.6 is 11.6 Å². The molecular formula is C23H25ClN2O3. The molecule has 2 aromatic rings. The molecule has 0 radical (unpaired) electrons. The van der Waals surface area contributed by atoms with Crippen LogP contribution in [0.15, 0.2) is 60.2 Å². The molecule has 0 saturated carbocycles. The molecule has 0 aromatic heterocycles. The standard InChI is InChI=1S/C23H25ClN2O3/c1-3-25(4-2)14-15-26-20(16-8-6-5-7-9-16)19(22(28)23(26)29)21(27)17-10-12-18(24)13-11-17/h5-13,20,27H,3-4,14-15H2,1-2H3/b21-19+/t20-/m1/s1. The number of aliphatic hydroxyl groups is 1. The molecule has 1 heterocycles. The van der Waals surface area contributed by atoms with Gasteiger partial charge in [0.15, 0.2) is 0 Å².